The first-order valence-corrected chi connectivity index (χ1v) is 12.3. The summed E-state index contributed by atoms with van der Waals surface area (Å²) in [5, 5.41) is 7.05. The van der Waals surface area contributed by atoms with Crippen LogP contribution in [0.25, 0.3) is 5.69 Å². The molecule has 1 amide bonds. The first-order valence-electron chi connectivity index (χ1n) is 10.9. The predicted molar refractivity (Wildman–Crippen MR) is 126 cm³/mol. The van der Waals surface area contributed by atoms with Crippen molar-refractivity contribution >= 4 is 21.6 Å². The van der Waals surface area contributed by atoms with Crippen LogP contribution in [0, 0.1) is 0 Å². The van der Waals surface area contributed by atoms with E-state index in [0.29, 0.717) is 12.1 Å². The molecule has 2 aromatic carbocycles. The Kier molecular flexibility index (Phi) is 6.75. The fourth-order valence-electron chi connectivity index (χ4n) is 3.86. The number of benzene rings is 2. The molecule has 1 fully saturated rings. The van der Waals surface area contributed by atoms with Gasteiger partial charge in [0.05, 0.1) is 16.1 Å². The molecule has 1 N–H and O–H groups in total. The third-order valence-electron chi connectivity index (χ3n) is 5.76. The zero-order valence-electron chi connectivity index (χ0n) is 18.8. The molecule has 0 unspecified atom stereocenters. The molecular formula is C23H28N6O3S. The van der Waals surface area contributed by atoms with Gasteiger partial charge in [-0.3, -0.25) is 4.79 Å². The monoisotopic (exact) mass is 468 g/mol. The summed E-state index contributed by atoms with van der Waals surface area (Å²) in [6.45, 7) is 2.02. The molecule has 174 valence electrons. The van der Waals surface area contributed by atoms with Crippen LogP contribution in [0.3, 0.4) is 0 Å². The van der Waals surface area contributed by atoms with Gasteiger partial charge < -0.3 is 10.2 Å². The van der Waals surface area contributed by atoms with Gasteiger partial charge in [0.1, 0.15) is 12.7 Å². The average Bonchev–Trinajstić information content (AvgIpc) is 3.38. The number of piperidine rings is 1. The molecular weight excluding hydrogens is 440 g/mol. The Morgan fingerprint density at radius 2 is 1.79 bits per heavy atom. The van der Waals surface area contributed by atoms with Crippen molar-refractivity contribution in [2.45, 2.75) is 30.7 Å². The van der Waals surface area contributed by atoms with E-state index in [1.54, 1.807) is 23.1 Å². The molecule has 0 spiro atoms. The summed E-state index contributed by atoms with van der Waals surface area (Å²) >= 11 is 0. The van der Waals surface area contributed by atoms with Crippen LogP contribution in [-0.2, 0) is 16.6 Å². The number of nitrogens with one attached hydrogen (secondary N) is 1. The summed E-state index contributed by atoms with van der Waals surface area (Å²) in [6.07, 6.45) is 6.36. The van der Waals surface area contributed by atoms with E-state index in [-0.39, 0.29) is 10.8 Å². The Morgan fingerprint density at radius 3 is 2.42 bits per heavy atom. The van der Waals surface area contributed by atoms with Gasteiger partial charge >= 0.3 is 0 Å². The summed E-state index contributed by atoms with van der Waals surface area (Å²) in [6, 6.07) is 12.5. The highest BCUT2D eigenvalue weighted by Crippen LogP contribution is 2.28. The fourth-order valence-corrected chi connectivity index (χ4v) is 4.79. The molecule has 4 rings (SSSR count). The minimum atomic E-state index is -3.65. The maximum Gasteiger partial charge on any atom is 0.253 e. The molecule has 33 heavy (non-hydrogen) atoms. The van der Waals surface area contributed by atoms with Gasteiger partial charge in [-0.2, -0.15) is 5.10 Å². The van der Waals surface area contributed by atoms with E-state index in [0.717, 1.165) is 53.6 Å². The molecule has 3 aromatic rings. The van der Waals surface area contributed by atoms with Crippen LogP contribution in [0.2, 0.25) is 0 Å². The van der Waals surface area contributed by atoms with Crippen LogP contribution in [0.1, 0.15) is 35.2 Å². The van der Waals surface area contributed by atoms with Crippen molar-refractivity contribution in [3.8, 4) is 5.69 Å². The summed E-state index contributed by atoms with van der Waals surface area (Å²) in [4.78, 5) is 19.4. The minimum Gasteiger partial charge on any atom is -0.371 e. The molecule has 1 saturated heterocycles. The van der Waals surface area contributed by atoms with Crippen LogP contribution < -0.4 is 10.2 Å². The molecule has 0 radical (unpaired) electrons. The van der Waals surface area contributed by atoms with Crippen LogP contribution in [0.4, 0.5) is 5.69 Å². The predicted octanol–water partition coefficient (Wildman–Crippen LogP) is 2.44. The molecule has 0 bridgehead atoms. The number of amides is 1. The SMILES string of the molecule is CN(C)S(=O)(=O)c1ccc(N2CCCCC2)c(C(=O)NCc2ccc(-n3cncn3)cc2)c1. The van der Waals surface area contributed by atoms with Crippen LogP contribution in [0.15, 0.2) is 60.0 Å². The Labute approximate surface area is 194 Å². The normalized spacial score (nSPS) is 14.5. The van der Waals surface area contributed by atoms with Gasteiger partial charge in [0.25, 0.3) is 5.91 Å². The van der Waals surface area contributed by atoms with Crippen LogP contribution in [-0.4, -0.2) is 60.6 Å². The third kappa shape index (κ3) is 5.07. The second kappa shape index (κ2) is 9.72. The van der Waals surface area contributed by atoms with Gasteiger partial charge in [-0.25, -0.2) is 22.4 Å². The number of carbonyl (C=O) groups is 1. The Bertz CT molecular complexity index is 1200. The minimum absolute atomic E-state index is 0.107. The second-order valence-electron chi connectivity index (χ2n) is 8.20. The number of nitrogens with zero attached hydrogens (tertiary/aromatic N) is 5. The van der Waals surface area contributed by atoms with E-state index in [4.69, 9.17) is 0 Å². The van der Waals surface area contributed by atoms with Crippen molar-refractivity contribution in [1.29, 1.82) is 0 Å². The van der Waals surface area contributed by atoms with Crippen molar-refractivity contribution in [2.24, 2.45) is 0 Å². The molecule has 1 aromatic heterocycles. The Balaban J connectivity index is 1.56. The molecule has 2 heterocycles. The smallest absolute Gasteiger partial charge is 0.253 e. The number of carbonyl (C=O) groups excluding carboxylic acids is 1. The van der Waals surface area contributed by atoms with Gasteiger partial charge in [0, 0.05) is 39.4 Å². The van der Waals surface area contributed by atoms with Crippen LogP contribution in [0.5, 0.6) is 0 Å². The van der Waals surface area contributed by atoms with E-state index in [2.05, 4.69) is 20.3 Å². The van der Waals surface area contributed by atoms with E-state index in [1.165, 1.54) is 26.5 Å². The largest absolute Gasteiger partial charge is 0.371 e. The molecule has 1 aliphatic rings. The summed E-state index contributed by atoms with van der Waals surface area (Å²) in [5.41, 5.74) is 2.94. The number of sulfonamides is 1. The highest BCUT2D eigenvalue weighted by molar-refractivity contribution is 7.89. The molecule has 0 aliphatic carbocycles. The summed E-state index contributed by atoms with van der Waals surface area (Å²) in [7, 11) is -0.687. The zero-order valence-corrected chi connectivity index (χ0v) is 19.6. The summed E-state index contributed by atoms with van der Waals surface area (Å²) in [5.74, 6) is -0.299. The van der Waals surface area contributed by atoms with Crippen molar-refractivity contribution in [3.63, 3.8) is 0 Å². The lowest BCUT2D eigenvalue weighted by molar-refractivity contribution is 0.0951. The Morgan fingerprint density at radius 1 is 1.06 bits per heavy atom. The molecule has 0 atom stereocenters. The molecule has 9 nitrogen and oxygen atoms in total. The molecule has 10 heteroatoms. The van der Waals surface area contributed by atoms with E-state index in [1.807, 2.05) is 24.3 Å². The van der Waals surface area contributed by atoms with E-state index >= 15 is 0 Å². The van der Waals surface area contributed by atoms with Gasteiger partial charge in [-0.05, 0) is 55.2 Å². The lowest BCUT2D eigenvalue weighted by atomic mass is 10.1. The first-order chi connectivity index (χ1) is 15.9. The third-order valence-corrected chi connectivity index (χ3v) is 7.57. The van der Waals surface area contributed by atoms with Crippen molar-refractivity contribution in [1.82, 2.24) is 24.4 Å². The van der Waals surface area contributed by atoms with Crippen molar-refractivity contribution < 1.29 is 13.2 Å². The quantitative estimate of drug-likeness (QED) is 0.572. The van der Waals surface area contributed by atoms with Gasteiger partial charge in [0.15, 0.2) is 0 Å². The highest BCUT2D eigenvalue weighted by atomic mass is 32.2. The lowest BCUT2D eigenvalue weighted by Crippen LogP contribution is -2.33. The second-order valence-corrected chi connectivity index (χ2v) is 10.4. The van der Waals surface area contributed by atoms with Crippen molar-refractivity contribution in [3.05, 3.63) is 66.2 Å². The lowest BCUT2D eigenvalue weighted by Gasteiger charge is -2.30. The number of anilines is 1. The first kappa shape index (κ1) is 22.9. The number of hydrogen-bond acceptors (Lipinski definition) is 6. The number of rotatable bonds is 7. The number of aromatic nitrogens is 3. The van der Waals surface area contributed by atoms with E-state index in [9.17, 15) is 13.2 Å². The highest BCUT2D eigenvalue weighted by Gasteiger charge is 2.24. The fraction of sp³-hybridized carbons (Fsp3) is 0.348. The standard InChI is InChI=1S/C23H28N6O3S/c1-27(2)33(31,32)20-10-11-22(28-12-4-3-5-13-28)21(14-20)23(30)25-15-18-6-8-19(9-7-18)29-17-24-16-26-29/h6-11,14,16-17H,3-5,12-13,15H2,1-2H3,(H,25,30). The molecule has 0 saturated carbocycles. The van der Waals surface area contributed by atoms with Gasteiger partial charge in [-0.15, -0.1) is 0 Å². The number of hydrogen-bond donors (Lipinski definition) is 1. The van der Waals surface area contributed by atoms with Gasteiger partial charge in [0.2, 0.25) is 10.0 Å². The van der Waals surface area contributed by atoms with Crippen LogP contribution >= 0.6 is 0 Å². The average molecular weight is 469 g/mol. The van der Waals surface area contributed by atoms with Crippen molar-refractivity contribution in [2.75, 3.05) is 32.1 Å². The maximum atomic E-state index is 13.2. The zero-order chi connectivity index (χ0) is 23.4. The summed E-state index contributed by atoms with van der Waals surface area (Å²) < 4.78 is 28.2. The Hall–Kier alpha value is -3.24. The van der Waals surface area contributed by atoms with Gasteiger partial charge in [-0.1, -0.05) is 12.1 Å². The topological polar surface area (TPSA) is 100 Å². The molecule has 1 aliphatic heterocycles. The van der Waals surface area contributed by atoms with E-state index < -0.39 is 10.0 Å². The maximum absolute atomic E-state index is 13.2.